The smallest absolute Gasteiger partial charge is 0.250 e. The molecule has 1 aromatic rings. The van der Waals surface area contributed by atoms with E-state index in [0.717, 1.165) is 0 Å². The lowest BCUT2D eigenvalue weighted by Crippen LogP contribution is -2.69. The van der Waals surface area contributed by atoms with Gasteiger partial charge in [0.15, 0.2) is 0 Å². The molecule has 0 spiro atoms. The molecule has 1 fully saturated rings. The second-order valence-corrected chi connectivity index (χ2v) is 5.54. The minimum atomic E-state index is -0.859. The number of aromatic nitrogens is 1. The maximum Gasteiger partial charge on any atom is 0.250 e. The highest BCUT2D eigenvalue weighted by Crippen LogP contribution is 2.24. The van der Waals surface area contributed by atoms with Gasteiger partial charge < -0.3 is 14.8 Å². The van der Waals surface area contributed by atoms with Crippen LogP contribution in [0.2, 0.25) is 0 Å². The zero-order valence-corrected chi connectivity index (χ0v) is 12.6. The van der Waals surface area contributed by atoms with Crippen molar-refractivity contribution in [1.82, 2.24) is 14.8 Å². The number of rotatable bonds is 4. The quantitative estimate of drug-likeness (QED) is 0.871. The molecule has 1 aliphatic heterocycles. The molecule has 1 aliphatic rings. The van der Waals surface area contributed by atoms with Crippen molar-refractivity contribution in [2.24, 2.45) is 0 Å². The Balaban J connectivity index is 2.22. The van der Waals surface area contributed by atoms with E-state index in [1.54, 1.807) is 41.6 Å². The number of pyridine rings is 1. The summed E-state index contributed by atoms with van der Waals surface area (Å²) in [4.78, 5) is 37.9. The van der Waals surface area contributed by atoms with Crippen molar-refractivity contribution >= 4 is 11.8 Å². The zero-order valence-electron chi connectivity index (χ0n) is 12.6. The van der Waals surface area contributed by atoms with E-state index in [-0.39, 0.29) is 17.4 Å². The molecule has 6 heteroatoms. The van der Waals surface area contributed by atoms with Gasteiger partial charge >= 0.3 is 0 Å². The molecule has 2 heterocycles. The highest BCUT2D eigenvalue weighted by atomic mass is 16.2. The minimum Gasteiger partial charge on any atom is -0.343 e. The van der Waals surface area contributed by atoms with Gasteiger partial charge in [-0.15, -0.1) is 0 Å². The molecule has 6 nitrogen and oxygen atoms in total. The molecule has 1 aromatic heterocycles. The Hall–Kier alpha value is -2.11. The normalized spacial score (nSPS) is 25.9. The molecule has 2 unspecified atom stereocenters. The van der Waals surface area contributed by atoms with Crippen molar-refractivity contribution in [3.63, 3.8) is 0 Å². The summed E-state index contributed by atoms with van der Waals surface area (Å²) >= 11 is 0. The molecule has 2 atom stereocenters. The molecular formula is C15H21N3O3. The van der Waals surface area contributed by atoms with E-state index < -0.39 is 11.6 Å². The lowest BCUT2D eigenvalue weighted by Gasteiger charge is -2.45. The Morgan fingerprint density at radius 3 is 2.57 bits per heavy atom. The first-order valence-electron chi connectivity index (χ1n) is 7.18. The number of carbonyl (C=O) groups is 2. The molecule has 2 amide bonds. The predicted molar refractivity (Wildman–Crippen MR) is 78.7 cm³/mol. The monoisotopic (exact) mass is 291 g/mol. The Labute approximate surface area is 123 Å². The van der Waals surface area contributed by atoms with Crippen molar-refractivity contribution < 1.29 is 9.59 Å². The Bertz CT molecular complexity index is 610. The van der Waals surface area contributed by atoms with E-state index in [2.05, 4.69) is 5.32 Å². The lowest BCUT2D eigenvalue weighted by molar-refractivity contribution is -0.156. The van der Waals surface area contributed by atoms with Crippen LogP contribution in [-0.2, 0) is 16.1 Å². The summed E-state index contributed by atoms with van der Waals surface area (Å²) in [5, 5.41) is 2.71. The minimum absolute atomic E-state index is 0.108. The largest absolute Gasteiger partial charge is 0.343 e. The summed E-state index contributed by atoms with van der Waals surface area (Å²) in [6.45, 7) is 6.04. The second kappa shape index (κ2) is 5.71. The van der Waals surface area contributed by atoms with Crippen molar-refractivity contribution in [3.05, 3.63) is 34.7 Å². The summed E-state index contributed by atoms with van der Waals surface area (Å²) in [6.07, 6.45) is 2.21. The van der Waals surface area contributed by atoms with Crippen molar-refractivity contribution in [1.29, 1.82) is 0 Å². The Morgan fingerprint density at radius 2 is 1.95 bits per heavy atom. The van der Waals surface area contributed by atoms with Crippen LogP contribution in [0.3, 0.4) is 0 Å². The Kier molecular flexibility index (Phi) is 4.16. The molecule has 0 radical (unpaired) electrons. The van der Waals surface area contributed by atoms with Gasteiger partial charge in [-0.05, 0) is 26.3 Å². The van der Waals surface area contributed by atoms with Gasteiger partial charge in [-0.25, -0.2) is 0 Å². The zero-order chi connectivity index (χ0) is 15.6. The summed E-state index contributed by atoms with van der Waals surface area (Å²) in [5.74, 6) is -0.250. The summed E-state index contributed by atoms with van der Waals surface area (Å²) in [7, 11) is 0. The fourth-order valence-corrected chi connectivity index (χ4v) is 2.57. The number of piperazine rings is 1. The first kappa shape index (κ1) is 15.3. The standard InChI is InChI=1S/C15H21N3O3/c1-4-15(3)14(21)16-11(2)13(20)18(15)10-9-17-8-6-5-7-12(17)19/h5-8,11H,4,9-10H2,1-3H3,(H,16,21). The summed E-state index contributed by atoms with van der Waals surface area (Å²) in [5.41, 5.74) is -0.972. The number of nitrogens with zero attached hydrogens (tertiary/aromatic N) is 2. The maximum atomic E-state index is 12.4. The second-order valence-electron chi connectivity index (χ2n) is 5.54. The molecule has 0 aliphatic carbocycles. The summed E-state index contributed by atoms with van der Waals surface area (Å²) in [6, 6.07) is 4.40. The average Bonchev–Trinajstić information content (AvgIpc) is 2.47. The van der Waals surface area contributed by atoms with Gasteiger partial charge in [-0.1, -0.05) is 13.0 Å². The van der Waals surface area contributed by atoms with Gasteiger partial charge in [0.2, 0.25) is 11.8 Å². The van der Waals surface area contributed by atoms with Crippen LogP contribution in [0.1, 0.15) is 27.2 Å². The van der Waals surface area contributed by atoms with Gasteiger partial charge in [-0.2, -0.15) is 0 Å². The lowest BCUT2D eigenvalue weighted by atomic mass is 9.91. The number of nitrogens with one attached hydrogen (secondary N) is 1. The van der Waals surface area contributed by atoms with Gasteiger partial charge in [0.05, 0.1) is 0 Å². The number of hydrogen-bond acceptors (Lipinski definition) is 3. The van der Waals surface area contributed by atoms with E-state index in [0.29, 0.717) is 19.5 Å². The highest BCUT2D eigenvalue weighted by molar-refractivity contribution is 5.99. The van der Waals surface area contributed by atoms with E-state index in [1.165, 1.54) is 6.07 Å². The van der Waals surface area contributed by atoms with E-state index in [1.807, 2.05) is 6.92 Å². The average molecular weight is 291 g/mol. The van der Waals surface area contributed by atoms with Crippen LogP contribution in [0, 0.1) is 0 Å². The van der Waals surface area contributed by atoms with Crippen LogP contribution in [0.15, 0.2) is 29.2 Å². The van der Waals surface area contributed by atoms with E-state index in [4.69, 9.17) is 0 Å². The molecule has 2 rings (SSSR count). The molecule has 0 saturated carbocycles. The molecule has 114 valence electrons. The third-order valence-corrected chi connectivity index (χ3v) is 4.22. The molecule has 21 heavy (non-hydrogen) atoms. The highest BCUT2D eigenvalue weighted by Gasteiger charge is 2.46. The van der Waals surface area contributed by atoms with Gasteiger partial charge in [0.1, 0.15) is 11.6 Å². The molecule has 0 aromatic carbocycles. The first-order chi connectivity index (χ1) is 9.90. The SMILES string of the molecule is CCC1(C)C(=O)NC(C)C(=O)N1CCn1ccccc1=O. The van der Waals surface area contributed by atoms with Crippen LogP contribution in [0.5, 0.6) is 0 Å². The molecule has 0 bridgehead atoms. The maximum absolute atomic E-state index is 12.4. The number of carbonyl (C=O) groups excluding carboxylic acids is 2. The molecule has 1 saturated heterocycles. The van der Waals surface area contributed by atoms with Gasteiger partial charge in [0, 0.05) is 25.4 Å². The fourth-order valence-electron chi connectivity index (χ4n) is 2.57. The van der Waals surface area contributed by atoms with Crippen molar-refractivity contribution in [2.45, 2.75) is 45.3 Å². The van der Waals surface area contributed by atoms with Crippen molar-refractivity contribution in [2.75, 3.05) is 6.54 Å². The van der Waals surface area contributed by atoms with Gasteiger partial charge in [-0.3, -0.25) is 14.4 Å². The third kappa shape index (κ3) is 2.70. The molecular weight excluding hydrogens is 270 g/mol. The van der Waals surface area contributed by atoms with Crippen LogP contribution < -0.4 is 10.9 Å². The first-order valence-corrected chi connectivity index (χ1v) is 7.18. The fraction of sp³-hybridized carbons (Fsp3) is 0.533. The predicted octanol–water partition coefficient (Wildman–Crippen LogP) is 0.364. The van der Waals surface area contributed by atoms with E-state index in [9.17, 15) is 14.4 Å². The molecule has 1 N–H and O–H groups in total. The van der Waals surface area contributed by atoms with E-state index >= 15 is 0 Å². The topological polar surface area (TPSA) is 71.4 Å². The van der Waals surface area contributed by atoms with Crippen LogP contribution in [0.25, 0.3) is 0 Å². The third-order valence-electron chi connectivity index (χ3n) is 4.22. The summed E-state index contributed by atoms with van der Waals surface area (Å²) < 4.78 is 1.54. The van der Waals surface area contributed by atoms with Crippen LogP contribution in [-0.4, -0.2) is 39.4 Å². The number of hydrogen-bond donors (Lipinski definition) is 1. The van der Waals surface area contributed by atoms with Crippen LogP contribution in [0.4, 0.5) is 0 Å². The van der Waals surface area contributed by atoms with Crippen molar-refractivity contribution in [3.8, 4) is 0 Å². The van der Waals surface area contributed by atoms with Crippen LogP contribution >= 0.6 is 0 Å². The number of amides is 2. The Morgan fingerprint density at radius 1 is 1.24 bits per heavy atom. The van der Waals surface area contributed by atoms with Gasteiger partial charge in [0.25, 0.3) is 5.56 Å².